The van der Waals surface area contributed by atoms with Crippen LogP contribution in [0.1, 0.15) is 53.3 Å². The summed E-state index contributed by atoms with van der Waals surface area (Å²) in [5.74, 6) is 1.52. The van der Waals surface area contributed by atoms with Crippen LogP contribution in [0, 0.1) is 0 Å². The lowest BCUT2D eigenvalue weighted by atomic mass is 9.84. The molecule has 1 saturated heterocycles. The van der Waals surface area contributed by atoms with Gasteiger partial charge in [-0.1, -0.05) is 125 Å². The summed E-state index contributed by atoms with van der Waals surface area (Å²) in [7, 11) is 0. The number of hydrogen-bond acceptors (Lipinski definition) is 7. The maximum Gasteiger partial charge on any atom is 0.161 e. The predicted molar refractivity (Wildman–Crippen MR) is 203 cm³/mol. The van der Waals surface area contributed by atoms with Gasteiger partial charge in [-0.15, -0.1) is 0 Å². The summed E-state index contributed by atoms with van der Waals surface area (Å²) in [6.07, 6.45) is -2.54. The third kappa shape index (κ3) is 8.94. The normalized spacial score (nSPS) is 21.5. The molecule has 1 fully saturated rings. The summed E-state index contributed by atoms with van der Waals surface area (Å²) >= 11 is 3.81. The summed E-state index contributed by atoms with van der Waals surface area (Å²) in [4.78, 5) is 0. The van der Waals surface area contributed by atoms with E-state index in [1.54, 1.807) is 13.8 Å². The molecule has 0 saturated carbocycles. The number of ether oxygens (including phenoxy) is 6. The van der Waals surface area contributed by atoms with E-state index in [9.17, 15) is 5.11 Å². The van der Waals surface area contributed by atoms with Crippen LogP contribution in [0.3, 0.4) is 0 Å². The minimum atomic E-state index is -1.28. The van der Waals surface area contributed by atoms with Gasteiger partial charge in [-0.3, -0.25) is 0 Å². The summed E-state index contributed by atoms with van der Waals surface area (Å²) in [6.45, 7) is 5.61. The second-order valence-electron chi connectivity index (χ2n) is 13.9. The van der Waals surface area contributed by atoms with Gasteiger partial charge < -0.3 is 33.5 Å². The molecule has 0 aliphatic carbocycles. The summed E-state index contributed by atoms with van der Waals surface area (Å²) in [6, 6.07) is 42.6. The Morgan fingerprint density at radius 3 is 1.73 bits per heavy atom. The van der Waals surface area contributed by atoms with Crippen LogP contribution in [0.25, 0.3) is 0 Å². The molecule has 0 amide bonds. The van der Waals surface area contributed by atoms with Gasteiger partial charge in [0, 0.05) is 4.47 Å². The van der Waals surface area contributed by atoms with Crippen molar-refractivity contribution in [2.24, 2.45) is 0 Å². The highest BCUT2D eigenvalue weighted by Gasteiger charge is 2.53. The van der Waals surface area contributed by atoms with E-state index in [2.05, 4.69) is 40.2 Å². The molecule has 0 radical (unpaired) electrons. The van der Waals surface area contributed by atoms with Crippen molar-refractivity contribution in [2.75, 3.05) is 13.2 Å². The van der Waals surface area contributed by atoms with Gasteiger partial charge in [0.15, 0.2) is 11.5 Å². The van der Waals surface area contributed by atoms with Gasteiger partial charge in [-0.25, -0.2) is 0 Å². The van der Waals surface area contributed by atoms with Crippen molar-refractivity contribution in [3.63, 3.8) is 0 Å². The first-order valence-electron chi connectivity index (χ1n) is 17.8. The Kier molecular flexibility index (Phi) is 11.7. The third-order valence-electron chi connectivity index (χ3n) is 9.49. The Morgan fingerprint density at radius 1 is 0.615 bits per heavy atom. The molecule has 1 N–H and O–H groups in total. The van der Waals surface area contributed by atoms with E-state index >= 15 is 0 Å². The van der Waals surface area contributed by atoms with Gasteiger partial charge in [0.25, 0.3) is 0 Å². The van der Waals surface area contributed by atoms with Crippen molar-refractivity contribution in [1.82, 2.24) is 0 Å². The highest BCUT2D eigenvalue weighted by atomic mass is 79.9. The predicted octanol–water partition coefficient (Wildman–Crippen LogP) is 8.78. The van der Waals surface area contributed by atoms with Crippen LogP contribution in [0.4, 0.5) is 0 Å². The molecule has 2 aliphatic rings. The quantitative estimate of drug-likeness (QED) is 0.129. The topological polar surface area (TPSA) is 75.6 Å². The first-order chi connectivity index (χ1) is 25.3. The summed E-state index contributed by atoms with van der Waals surface area (Å²) in [5, 5.41) is 11.7. The zero-order valence-electron chi connectivity index (χ0n) is 29.5. The molecule has 0 spiro atoms. The fourth-order valence-electron chi connectivity index (χ4n) is 6.86. The van der Waals surface area contributed by atoms with Crippen LogP contribution >= 0.6 is 15.9 Å². The van der Waals surface area contributed by atoms with Crippen LogP contribution in [-0.4, -0.2) is 48.3 Å². The molecule has 5 atom stereocenters. The van der Waals surface area contributed by atoms with E-state index < -0.39 is 36.1 Å². The molecule has 2 aliphatic heterocycles. The van der Waals surface area contributed by atoms with Crippen molar-refractivity contribution >= 4 is 15.9 Å². The number of benzene rings is 5. The van der Waals surface area contributed by atoms with E-state index in [0.29, 0.717) is 39.5 Å². The van der Waals surface area contributed by atoms with E-state index in [1.807, 2.05) is 103 Å². The minimum absolute atomic E-state index is 0.320. The van der Waals surface area contributed by atoms with E-state index in [4.69, 9.17) is 28.4 Å². The number of fused-ring (bicyclic) bond motifs is 1. The molecule has 8 heteroatoms. The Hall–Kier alpha value is -4.02. The van der Waals surface area contributed by atoms with E-state index in [0.717, 1.165) is 49.4 Å². The smallest absolute Gasteiger partial charge is 0.161 e. The van der Waals surface area contributed by atoms with Gasteiger partial charge in [-0.05, 0) is 71.8 Å². The van der Waals surface area contributed by atoms with Crippen molar-refractivity contribution in [3.05, 3.63) is 165 Å². The molecular formula is C44H45BrO7. The second kappa shape index (κ2) is 16.8. The summed E-state index contributed by atoms with van der Waals surface area (Å²) < 4.78 is 40.1. The first-order valence-corrected chi connectivity index (χ1v) is 18.6. The number of aliphatic hydroxyl groups is 1. The minimum Gasteiger partial charge on any atom is -0.486 e. The maximum atomic E-state index is 11.7. The van der Waals surface area contributed by atoms with Crippen molar-refractivity contribution in [2.45, 2.75) is 76.2 Å². The molecule has 52 heavy (non-hydrogen) atoms. The zero-order chi connectivity index (χ0) is 35.9. The monoisotopic (exact) mass is 764 g/mol. The molecule has 0 unspecified atom stereocenters. The molecule has 0 bridgehead atoms. The second-order valence-corrected chi connectivity index (χ2v) is 14.8. The molecule has 7 nitrogen and oxygen atoms in total. The number of rotatable bonds is 13. The molecule has 7 rings (SSSR count). The van der Waals surface area contributed by atoms with Crippen molar-refractivity contribution in [3.8, 4) is 11.5 Å². The lowest BCUT2D eigenvalue weighted by Crippen LogP contribution is -2.62. The Morgan fingerprint density at radius 2 is 1.15 bits per heavy atom. The first kappa shape index (κ1) is 36.3. The molecule has 270 valence electrons. The molecule has 2 heterocycles. The maximum absolute atomic E-state index is 11.7. The van der Waals surface area contributed by atoms with E-state index in [-0.39, 0.29) is 0 Å². The summed E-state index contributed by atoms with van der Waals surface area (Å²) in [5.41, 5.74) is 4.88. The largest absolute Gasteiger partial charge is 0.486 e. The van der Waals surface area contributed by atoms with Crippen molar-refractivity contribution in [1.29, 1.82) is 0 Å². The highest BCUT2D eigenvalue weighted by molar-refractivity contribution is 9.10. The van der Waals surface area contributed by atoms with Crippen LogP contribution < -0.4 is 9.47 Å². The van der Waals surface area contributed by atoms with E-state index in [1.165, 1.54) is 0 Å². The van der Waals surface area contributed by atoms with Crippen LogP contribution in [0.5, 0.6) is 11.5 Å². The van der Waals surface area contributed by atoms with Gasteiger partial charge >= 0.3 is 0 Å². The molecule has 5 aromatic rings. The number of hydrogen-bond donors (Lipinski definition) is 1. The lowest BCUT2D eigenvalue weighted by Gasteiger charge is -2.49. The number of halogens is 1. The van der Waals surface area contributed by atoms with Crippen molar-refractivity contribution < 1.29 is 33.5 Å². The van der Waals surface area contributed by atoms with Gasteiger partial charge in [0.2, 0.25) is 0 Å². The van der Waals surface area contributed by atoms with Crippen LogP contribution in [-0.2, 0) is 45.2 Å². The molecule has 5 aromatic carbocycles. The van der Waals surface area contributed by atoms with Crippen LogP contribution in [0.2, 0.25) is 0 Å². The third-order valence-corrected chi connectivity index (χ3v) is 10.3. The average molecular weight is 766 g/mol. The fraction of sp³-hybridized carbons (Fsp3) is 0.318. The van der Waals surface area contributed by atoms with Gasteiger partial charge in [0.05, 0.1) is 25.4 Å². The van der Waals surface area contributed by atoms with Gasteiger partial charge in [0.1, 0.15) is 43.7 Å². The van der Waals surface area contributed by atoms with Gasteiger partial charge in [-0.2, -0.15) is 0 Å². The lowest BCUT2D eigenvalue weighted by molar-refractivity contribution is -0.294. The molecular weight excluding hydrogens is 720 g/mol. The Labute approximate surface area is 314 Å². The Bertz CT molecular complexity index is 1880. The van der Waals surface area contributed by atoms with Crippen LogP contribution in [0.15, 0.2) is 132 Å². The fourth-order valence-corrected chi connectivity index (χ4v) is 7.25. The average Bonchev–Trinajstić information content (AvgIpc) is 3.17. The zero-order valence-corrected chi connectivity index (χ0v) is 31.1. The standard InChI is InChI=1S/C44H45BrO7/c1-44(2,46)43-42(51-29-32-16-10-5-11-17-32)41(50-28-31-14-8-4-9-15-31)40(49-27-30-12-6-3-7-13-30)39(52-43)34-19-20-36(45)35(26-34)24-33-18-21-37-38(25-33)48-23-22-47-37/h3-21,25-26,39-43,46H,22-24,27-29H2,1-2H3/t39-,40-,41+,42-,43-/m0/s1. The Balaban J connectivity index is 1.26. The highest BCUT2D eigenvalue weighted by Crippen LogP contribution is 2.42. The SMILES string of the molecule is CC(C)(O)[C@H]1O[C@@H](c2ccc(Br)c(Cc3ccc4c(c3)OCCO4)c2)[C@H](OCc2ccccc2)[C@@H](OCc2ccccc2)[C@@H]1OCc1ccccc1. The molecule has 0 aromatic heterocycles.